The third-order valence-electron chi connectivity index (χ3n) is 3.66. The van der Waals surface area contributed by atoms with E-state index in [0.717, 1.165) is 32.4 Å². The molecule has 0 aromatic heterocycles. The van der Waals surface area contributed by atoms with Crippen molar-refractivity contribution in [2.24, 2.45) is 0 Å². The molecule has 19 heavy (non-hydrogen) atoms. The van der Waals surface area contributed by atoms with Gasteiger partial charge < -0.3 is 15.1 Å². The Labute approximate surface area is 114 Å². The summed E-state index contributed by atoms with van der Waals surface area (Å²) in [6.07, 6.45) is 2.68. The van der Waals surface area contributed by atoms with Gasteiger partial charge in [-0.2, -0.15) is 0 Å². The first kappa shape index (κ1) is 15.9. The van der Waals surface area contributed by atoms with Crippen molar-refractivity contribution in [1.29, 1.82) is 0 Å². The maximum Gasteiger partial charge on any atom is 0.317 e. The maximum absolute atomic E-state index is 10.8. The van der Waals surface area contributed by atoms with E-state index in [0.29, 0.717) is 6.04 Å². The standard InChI is InChI=1S/C13H24N2O4/c1-10(2)14-6-3-4-11(5-7-14)15(8-12(16)17)9-13(18)19/h10-11H,3-9H2,1-2H3,(H,16,17)(H,18,19). The zero-order chi connectivity index (χ0) is 14.4. The molecule has 110 valence electrons. The smallest absolute Gasteiger partial charge is 0.317 e. The average Bonchev–Trinajstić information content (AvgIpc) is 2.52. The van der Waals surface area contributed by atoms with E-state index < -0.39 is 11.9 Å². The van der Waals surface area contributed by atoms with Crippen LogP contribution in [-0.2, 0) is 9.59 Å². The van der Waals surface area contributed by atoms with Crippen LogP contribution in [0.5, 0.6) is 0 Å². The fourth-order valence-corrected chi connectivity index (χ4v) is 2.64. The van der Waals surface area contributed by atoms with Crippen molar-refractivity contribution in [3.8, 4) is 0 Å². The van der Waals surface area contributed by atoms with Gasteiger partial charge in [0.1, 0.15) is 0 Å². The Morgan fingerprint density at radius 2 is 1.74 bits per heavy atom. The number of hydrogen-bond acceptors (Lipinski definition) is 4. The summed E-state index contributed by atoms with van der Waals surface area (Å²) >= 11 is 0. The predicted molar refractivity (Wildman–Crippen MR) is 71.2 cm³/mol. The zero-order valence-corrected chi connectivity index (χ0v) is 11.7. The minimum atomic E-state index is -0.966. The van der Waals surface area contributed by atoms with Crippen molar-refractivity contribution < 1.29 is 19.8 Å². The number of rotatable bonds is 6. The quantitative estimate of drug-likeness (QED) is 0.741. The van der Waals surface area contributed by atoms with Crippen LogP contribution in [0.25, 0.3) is 0 Å². The van der Waals surface area contributed by atoms with Gasteiger partial charge in [0.2, 0.25) is 0 Å². The van der Waals surface area contributed by atoms with E-state index in [1.807, 2.05) is 0 Å². The lowest BCUT2D eigenvalue weighted by molar-refractivity contribution is -0.143. The molecule has 1 fully saturated rings. The Morgan fingerprint density at radius 1 is 1.16 bits per heavy atom. The summed E-state index contributed by atoms with van der Waals surface area (Å²) in [7, 11) is 0. The Bertz CT molecular complexity index is 304. The van der Waals surface area contributed by atoms with Gasteiger partial charge in [-0.1, -0.05) is 0 Å². The molecule has 1 heterocycles. The minimum absolute atomic E-state index is 0.0518. The van der Waals surface area contributed by atoms with Crippen LogP contribution >= 0.6 is 0 Å². The lowest BCUT2D eigenvalue weighted by atomic mass is 10.1. The van der Waals surface area contributed by atoms with E-state index >= 15 is 0 Å². The first-order valence-corrected chi connectivity index (χ1v) is 6.82. The molecule has 0 saturated carbocycles. The van der Waals surface area contributed by atoms with Gasteiger partial charge >= 0.3 is 11.9 Å². The number of likely N-dealkylation sites (tertiary alicyclic amines) is 1. The van der Waals surface area contributed by atoms with Gasteiger partial charge in [-0.3, -0.25) is 14.5 Å². The highest BCUT2D eigenvalue weighted by Gasteiger charge is 2.26. The molecule has 1 atom stereocenters. The zero-order valence-electron chi connectivity index (χ0n) is 11.7. The van der Waals surface area contributed by atoms with Crippen molar-refractivity contribution in [1.82, 2.24) is 9.80 Å². The van der Waals surface area contributed by atoms with E-state index in [2.05, 4.69) is 18.7 Å². The monoisotopic (exact) mass is 272 g/mol. The molecule has 1 saturated heterocycles. The Balaban J connectivity index is 2.63. The molecule has 1 rings (SSSR count). The van der Waals surface area contributed by atoms with Gasteiger partial charge in [0.25, 0.3) is 0 Å². The third-order valence-corrected chi connectivity index (χ3v) is 3.66. The van der Waals surface area contributed by atoms with Gasteiger partial charge in [0, 0.05) is 12.1 Å². The van der Waals surface area contributed by atoms with E-state index in [4.69, 9.17) is 10.2 Å². The highest BCUT2D eigenvalue weighted by atomic mass is 16.4. The van der Waals surface area contributed by atoms with Crippen molar-refractivity contribution in [2.45, 2.75) is 45.2 Å². The van der Waals surface area contributed by atoms with Crippen LogP contribution in [0, 0.1) is 0 Å². The SMILES string of the molecule is CC(C)N1CCCC(N(CC(=O)O)CC(=O)O)CC1. The largest absolute Gasteiger partial charge is 0.480 e. The summed E-state index contributed by atoms with van der Waals surface area (Å²) in [6, 6.07) is 0.530. The third kappa shape index (κ3) is 5.57. The fraction of sp³-hybridized carbons (Fsp3) is 0.846. The molecule has 2 N–H and O–H groups in total. The van der Waals surface area contributed by atoms with E-state index in [-0.39, 0.29) is 19.1 Å². The summed E-state index contributed by atoms with van der Waals surface area (Å²) in [4.78, 5) is 25.6. The lowest BCUT2D eigenvalue weighted by Gasteiger charge is -2.28. The van der Waals surface area contributed by atoms with Gasteiger partial charge in [0.05, 0.1) is 13.1 Å². The van der Waals surface area contributed by atoms with Gasteiger partial charge in [-0.15, -0.1) is 0 Å². The maximum atomic E-state index is 10.8. The molecule has 0 aromatic carbocycles. The summed E-state index contributed by atoms with van der Waals surface area (Å²) in [5, 5.41) is 17.8. The molecule has 0 amide bonds. The molecule has 1 aliphatic heterocycles. The van der Waals surface area contributed by atoms with Crippen LogP contribution in [-0.4, -0.2) is 70.2 Å². The van der Waals surface area contributed by atoms with Crippen LogP contribution in [0.2, 0.25) is 0 Å². The van der Waals surface area contributed by atoms with Crippen LogP contribution in [0.4, 0.5) is 0 Å². The molecule has 1 unspecified atom stereocenters. The number of carboxylic acid groups (broad SMARTS) is 2. The number of carboxylic acids is 2. The molecule has 0 aliphatic carbocycles. The molecule has 6 heteroatoms. The van der Waals surface area contributed by atoms with Crippen molar-refractivity contribution >= 4 is 11.9 Å². The van der Waals surface area contributed by atoms with Crippen LogP contribution in [0.1, 0.15) is 33.1 Å². The average molecular weight is 272 g/mol. The summed E-state index contributed by atoms with van der Waals surface area (Å²) in [5.74, 6) is -1.93. The second-order valence-corrected chi connectivity index (χ2v) is 5.41. The van der Waals surface area contributed by atoms with Crippen LogP contribution in [0.15, 0.2) is 0 Å². The second kappa shape index (κ2) is 7.45. The highest BCUT2D eigenvalue weighted by molar-refractivity contribution is 5.72. The molecule has 0 radical (unpaired) electrons. The molecule has 0 spiro atoms. The Morgan fingerprint density at radius 3 is 2.21 bits per heavy atom. The predicted octanol–water partition coefficient (Wildman–Crippen LogP) is 0.721. The molecule has 0 aromatic rings. The number of nitrogens with zero attached hydrogens (tertiary/aromatic N) is 2. The first-order valence-electron chi connectivity index (χ1n) is 6.82. The summed E-state index contributed by atoms with van der Waals surface area (Å²) in [6.45, 7) is 5.80. The number of carbonyl (C=O) groups is 2. The lowest BCUT2D eigenvalue weighted by Crippen LogP contribution is -2.43. The second-order valence-electron chi connectivity index (χ2n) is 5.41. The summed E-state index contributed by atoms with van der Waals surface area (Å²) in [5.41, 5.74) is 0. The van der Waals surface area contributed by atoms with E-state index in [9.17, 15) is 9.59 Å². The van der Waals surface area contributed by atoms with Gasteiger partial charge in [-0.05, 0) is 46.2 Å². The first-order chi connectivity index (χ1) is 8.90. The molecular formula is C13H24N2O4. The fourth-order valence-electron chi connectivity index (χ4n) is 2.64. The molecule has 6 nitrogen and oxygen atoms in total. The Hall–Kier alpha value is -1.14. The van der Waals surface area contributed by atoms with Crippen LogP contribution in [0.3, 0.4) is 0 Å². The normalized spacial score (nSPS) is 21.6. The van der Waals surface area contributed by atoms with Crippen molar-refractivity contribution in [2.75, 3.05) is 26.2 Å². The molecular weight excluding hydrogens is 248 g/mol. The molecule has 0 bridgehead atoms. The Kier molecular flexibility index (Phi) is 6.24. The van der Waals surface area contributed by atoms with Crippen molar-refractivity contribution in [3.63, 3.8) is 0 Å². The minimum Gasteiger partial charge on any atom is -0.480 e. The van der Waals surface area contributed by atoms with E-state index in [1.165, 1.54) is 0 Å². The highest BCUT2D eigenvalue weighted by Crippen LogP contribution is 2.18. The topological polar surface area (TPSA) is 81.1 Å². The molecule has 1 aliphatic rings. The van der Waals surface area contributed by atoms with Crippen LogP contribution < -0.4 is 0 Å². The van der Waals surface area contributed by atoms with Crippen molar-refractivity contribution in [3.05, 3.63) is 0 Å². The van der Waals surface area contributed by atoms with Gasteiger partial charge in [0.15, 0.2) is 0 Å². The number of aliphatic carboxylic acids is 2. The number of hydrogen-bond donors (Lipinski definition) is 2. The van der Waals surface area contributed by atoms with Gasteiger partial charge in [-0.25, -0.2) is 0 Å². The summed E-state index contributed by atoms with van der Waals surface area (Å²) < 4.78 is 0. The van der Waals surface area contributed by atoms with E-state index in [1.54, 1.807) is 4.90 Å².